The van der Waals surface area contributed by atoms with E-state index < -0.39 is 58.3 Å². The second-order valence-corrected chi connectivity index (χ2v) is 12.4. The molecular weight excluding hydrogens is 560 g/mol. The van der Waals surface area contributed by atoms with Crippen molar-refractivity contribution in [2.45, 2.75) is 70.2 Å². The summed E-state index contributed by atoms with van der Waals surface area (Å²) in [6.45, 7) is 6.28. The largest absolute Gasteiger partial charge is 0.507 e. The van der Waals surface area contributed by atoms with Crippen molar-refractivity contribution in [1.82, 2.24) is 0 Å². The van der Waals surface area contributed by atoms with Gasteiger partial charge >= 0.3 is 5.97 Å². The van der Waals surface area contributed by atoms with Crippen LogP contribution in [0.4, 0.5) is 0 Å². The van der Waals surface area contributed by atoms with Crippen LogP contribution < -0.4 is 9.47 Å². The van der Waals surface area contributed by atoms with E-state index in [2.05, 4.69) is 6.92 Å². The number of carbonyl (C=O) groups excluding carboxylic acids is 1. The zero-order valence-electron chi connectivity index (χ0n) is 23.9. The zero-order valence-corrected chi connectivity index (χ0v) is 23.9. The summed E-state index contributed by atoms with van der Waals surface area (Å²) in [6, 6.07) is 5.79. The number of ether oxygens (including phenoxy) is 3. The second-order valence-electron chi connectivity index (χ2n) is 12.4. The van der Waals surface area contributed by atoms with E-state index >= 15 is 0 Å². The van der Waals surface area contributed by atoms with Gasteiger partial charge in [0.05, 0.1) is 5.56 Å². The van der Waals surface area contributed by atoms with Gasteiger partial charge in [-0.1, -0.05) is 13.3 Å². The Labute approximate surface area is 247 Å². The number of hydrogen-bond acceptors (Lipinski definition) is 11. The number of aromatic hydroxyl groups is 7. The molecule has 228 valence electrons. The lowest BCUT2D eigenvalue weighted by atomic mass is 9.64. The third-order valence-electron chi connectivity index (χ3n) is 9.08. The highest BCUT2D eigenvalue weighted by Crippen LogP contribution is 2.59. The molecule has 3 aliphatic rings. The van der Waals surface area contributed by atoms with E-state index in [4.69, 9.17) is 14.2 Å². The maximum Gasteiger partial charge on any atom is 0.338 e. The standard InChI is InChI=1S/C32H34O11/c1-13-4-5-18-16(6-13)26-24(43-32(18,2)3)12-19(33)17-11-25(41-31(40)15-9-22(36)28(39)23(37)10-15)29(42-30(17)26)14-7-20(34)27(38)21(35)8-14/h7-10,12-13,16,18,25,29,33-39H,4-6,11H2,1-3H3/t13-,16?,18?,25-,29-/m1/s1. The third-order valence-corrected chi connectivity index (χ3v) is 9.08. The molecule has 2 aliphatic heterocycles. The Morgan fingerprint density at radius 1 is 0.860 bits per heavy atom. The fourth-order valence-electron chi connectivity index (χ4n) is 6.95. The van der Waals surface area contributed by atoms with E-state index in [0.29, 0.717) is 23.0 Å². The first-order chi connectivity index (χ1) is 20.2. The van der Waals surface area contributed by atoms with E-state index in [1.54, 1.807) is 6.07 Å². The third kappa shape index (κ3) is 4.72. The fraction of sp³-hybridized carbons (Fsp3) is 0.406. The number of esters is 1. The summed E-state index contributed by atoms with van der Waals surface area (Å²) in [7, 11) is 0. The molecule has 0 amide bonds. The lowest BCUT2D eigenvalue weighted by Gasteiger charge is -2.50. The molecule has 43 heavy (non-hydrogen) atoms. The molecule has 11 nitrogen and oxygen atoms in total. The van der Waals surface area contributed by atoms with Crippen LogP contribution in [-0.4, -0.2) is 53.4 Å². The molecule has 0 aromatic heterocycles. The Morgan fingerprint density at radius 3 is 2.09 bits per heavy atom. The topological polar surface area (TPSA) is 186 Å². The molecule has 3 aromatic carbocycles. The predicted molar refractivity (Wildman–Crippen MR) is 151 cm³/mol. The highest BCUT2D eigenvalue weighted by atomic mass is 16.6. The molecule has 5 atom stereocenters. The number of benzene rings is 3. The van der Waals surface area contributed by atoms with E-state index in [0.717, 1.165) is 37.0 Å². The van der Waals surface area contributed by atoms with Crippen molar-refractivity contribution in [2.75, 3.05) is 0 Å². The highest BCUT2D eigenvalue weighted by molar-refractivity contribution is 5.91. The quantitative estimate of drug-likeness (QED) is 0.156. The Bertz CT molecular complexity index is 1580. The van der Waals surface area contributed by atoms with Crippen LogP contribution in [0.25, 0.3) is 0 Å². The Morgan fingerprint density at radius 2 is 1.47 bits per heavy atom. The summed E-state index contributed by atoms with van der Waals surface area (Å²) in [6.07, 6.45) is 0.562. The van der Waals surface area contributed by atoms with Crippen LogP contribution in [0.15, 0.2) is 30.3 Å². The second kappa shape index (κ2) is 9.96. The van der Waals surface area contributed by atoms with Gasteiger partial charge in [0.1, 0.15) is 29.0 Å². The van der Waals surface area contributed by atoms with Gasteiger partial charge in [0.15, 0.2) is 40.6 Å². The van der Waals surface area contributed by atoms with Crippen LogP contribution >= 0.6 is 0 Å². The van der Waals surface area contributed by atoms with Crippen LogP contribution in [0.3, 0.4) is 0 Å². The Balaban J connectivity index is 1.47. The van der Waals surface area contributed by atoms with E-state index in [1.807, 2.05) is 13.8 Å². The lowest BCUT2D eigenvalue weighted by molar-refractivity contribution is -0.0290. The molecule has 0 saturated heterocycles. The van der Waals surface area contributed by atoms with Crippen LogP contribution in [-0.2, 0) is 11.2 Å². The van der Waals surface area contributed by atoms with Crippen LogP contribution in [0.2, 0.25) is 0 Å². The summed E-state index contributed by atoms with van der Waals surface area (Å²) in [5.41, 5.74) is 0.615. The van der Waals surface area contributed by atoms with E-state index in [1.165, 1.54) is 12.1 Å². The molecule has 3 aromatic rings. The number of carbonyl (C=O) groups is 1. The summed E-state index contributed by atoms with van der Waals surface area (Å²) in [5, 5.41) is 71.3. The van der Waals surface area contributed by atoms with Crippen molar-refractivity contribution in [3.05, 3.63) is 52.6 Å². The number of phenolic OH excluding ortho intramolecular Hbond substituents is 7. The van der Waals surface area contributed by atoms with Gasteiger partial charge < -0.3 is 50.0 Å². The van der Waals surface area contributed by atoms with Crippen molar-refractivity contribution in [3.8, 4) is 51.7 Å². The molecular formula is C32H34O11. The minimum atomic E-state index is -1.15. The van der Waals surface area contributed by atoms with Gasteiger partial charge in [-0.3, -0.25) is 0 Å². The van der Waals surface area contributed by atoms with E-state index in [9.17, 15) is 40.5 Å². The monoisotopic (exact) mass is 594 g/mol. The van der Waals surface area contributed by atoms with Crippen LogP contribution in [0, 0.1) is 11.8 Å². The van der Waals surface area contributed by atoms with Crippen LogP contribution in [0.5, 0.6) is 51.7 Å². The molecule has 1 saturated carbocycles. The first kappa shape index (κ1) is 28.4. The first-order valence-electron chi connectivity index (χ1n) is 14.2. The minimum absolute atomic E-state index is 0.0420. The molecule has 1 fully saturated rings. The molecule has 0 bridgehead atoms. The molecule has 0 spiro atoms. The number of fused-ring (bicyclic) bond motifs is 5. The predicted octanol–water partition coefficient (Wildman–Crippen LogP) is 5.22. The smallest absolute Gasteiger partial charge is 0.338 e. The van der Waals surface area contributed by atoms with Gasteiger partial charge in [-0.05, 0) is 62.8 Å². The maximum atomic E-state index is 13.2. The fourth-order valence-corrected chi connectivity index (χ4v) is 6.95. The molecule has 0 radical (unpaired) electrons. The molecule has 1 aliphatic carbocycles. The van der Waals surface area contributed by atoms with Crippen LogP contribution in [0.1, 0.15) is 79.1 Å². The zero-order chi connectivity index (χ0) is 31.0. The van der Waals surface area contributed by atoms with Gasteiger partial charge in [0, 0.05) is 35.1 Å². The Hall–Kier alpha value is -4.67. The minimum Gasteiger partial charge on any atom is -0.507 e. The van der Waals surface area contributed by atoms with Crippen molar-refractivity contribution in [1.29, 1.82) is 0 Å². The van der Waals surface area contributed by atoms with E-state index in [-0.39, 0.29) is 35.1 Å². The normalized spacial score (nSPS) is 25.3. The molecule has 7 N–H and O–H groups in total. The number of hydrogen-bond donors (Lipinski definition) is 7. The first-order valence-corrected chi connectivity index (χ1v) is 14.2. The van der Waals surface area contributed by atoms with Crippen molar-refractivity contribution in [3.63, 3.8) is 0 Å². The Kier molecular flexibility index (Phi) is 6.59. The molecule has 6 rings (SSSR count). The summed E-state index contributed by atoms with van der Waals surface area (Å²) in [4.78, 5) is 13.2. The van der Waals surface area contributed by atoms with Gasteiger partial charge in [-0.25, -0.2) is 4.79 Å². The average molecular weight is 595 g/mol. The van der Waals surface area contributed by atoms with Crippen molar-refractivity contribution < 1.29 is 54.8 Å². The number of rotatable bonds is 3. The molecule has 2 heterocycles. The van der Waals surface area contributed by atoms with Crippen molar-refractivity contribution >= 4 is 5.97 Å². The molecule has 2 unspecified atom stereocenters. The summed E-state index contributed by atoms with van der Waals surface area (Å²) < 4.78 is 18.8. The maximum absolute atomic E-state index is 13.2. The average Bonchev–Trinajstić information content (AvgIpc) is 2.93. The van der Waals surface area contributed by atoms with Gasteiger partial charge in [0.25, 0.3) is 0 Å². The summed E-state index contributed by atoms with van der Waals surface area (Å²) >= 11 is 0. The lowest BCUT2D eigenvalue weighted by Crippen LogP contribution is -2.47. The van der Waals surface area contributed by atoms with Gasteiger partial charge in [-0.2, -0.15) is 0 Å². The van der Waals surface area contributed by atoms with Crippen molar-refractivity contribution in [2.24, 2.45) is 11.8 Å². The highest BCUT2D eigenvalue weighted by Gasteiger charge is 2.49. The summed E-state index contributed by atoms with van der Waals surface area (Å²) in [5.74, 6) is -3.77. The molecule has 11 heteroatoms. The number of phenols is 7. The van der Waals surface area contributed by atoms with Gasteiger partial charge in [0.2, 0.25) is 0 Å². The SMILES string of the molecule is C[C@@H]1CCC2C(C1)c1c(cc(O)c3c1O[C@H](c1cc(O)c(O)c(O)c1)[C@H](OC(=O)c1cc(O)c(O)c(O)c1)C3)OC2(C)C. The van der Waals surface area contributed by atoms with Gasteiger partial charge in [-0.15, -0.1) is 0 Å².